The Kier molecular flexibility index (Phi) is 6.16. The van der Waals surface area contributed by atoms with E-state index in [1.807, 2.05) is 49.3 Å². The Morgan fingerprint density at radius 3 is 2.38 bits per heavy atom. The average molecular weight is 372 g/mol. The van der Waals surface area contributed by atoms with E-state index in [2.05, 4.69) is 9.88 Å². The van der Waals surface area contributed by atoms with E-state index < -0.39 is 0 Å². The summed E-state index contributed by atoms with van der Waals surface area (Å²) >= 11 is 1.64. The number of aromatic nitrogens is 1. The van der Waals surface area contributed by atoms with Crippen molar-refractivity contribution in [2.45, 2.75) is 33.2 Å². The zero-order chi connectivity index (χ0) is 18.5. The van der Waals surface area contributed by atoms with Crippen LogP contribution in [0.3, 0.4) is 0 Å². The molecule has 0 aliphatic carbocycles. The Labute approximate surface area is 158 Å². The van der Waals surface area contributed by atoms with Gasteiger partial charge in [-0.15, -0.1) is 11.3 Å². The van der Waals surface area contributed by atoms with Crippen LogP contribution in [-0.2, 0) is 11.3 Å². The second-order valence-corrected chi connectivity index (χ2v) is 8.22. The molecule has 6 heteroatoms. The summed E-state index contributed by atoms with van der Waals surface area (Å²) in [5.74, 6) is 0.169. The number of pyridine rings is 1. The predicted molar refractivity (Wildman–Crippen MR) is 103 cm³/mol. The lowest BCUT2D eigenvalue weighted by Crippen LogP contribution is -2.48. The first-order valence-corrected chi connectivity index (χ1v) is 9.84. The van der Waals surface area contributed by atoms with Crippen LogP contribution in [0.2, 0.25) is 0 Å². The molecule has 1 saturated heterocycles. The normalized spacial score (nSPS) is 15.2. The number of nitrogens with zero attached hydrogens (tertiary/aromatic N) is 3. The van der Waals surface area contributed by atoms with Gasteiger partial charge in [0.25, 0.3) is 0 Å². The van der Waals surface area contributed by atoms with Crippen LogP contribution >= 0.6 is 11.3 Å². The minimum Gasteiger partial charge on any atom is -0.340 e. The predicted octanol–water partition coefficient (Wildman–Crippen LogP) is 3.07. The molecule has 0 bridgehead atoms. The number of carbonyl (C=O) groups excluding carboxylic acids is 2. The molecule has 0 spiro atoms. The molecule has 2 aromatic heterocycles. The van der Waals surface area contributed by atoms with Crippen LogP contribution in [0.15, 0.2) is 30.6 Å². The number of rotatable bonds is 6. The molecule has 1 aliphatic rings. The SMILES string of the molecule is Cc1cc(C(=O)CCC(=O)N2CCN(Cc3ccncc3)CC2)c(C)s1. The van der Waals surface area contributed by atoms with Gasteiger partial charge in [0, 0.05) is 73.3 Å². The highest BCUT2D eigenvalue weighted by molar-refractivity contribution is 7.12. The number of hydrogen-bond acceptors (Lipinski definition) is 5. The topological polar surface area (TPSA) is 53.5 Å². The molecule has 1 amide bonds. The maximum absolute atomic E-state index is 12.4. The largest absolute Gasteiger partial charge is 0.340 e. The van der Waals surface area contributed by atoms with E-state index in [1.54, 1.807) is 11.3 Å². The minimum absolute atomic E-state index is 0.0801. The second kappa shape index (κ2) is 8.56. The van der Waals surface area contributed by atoms with Gasteiger partial charge in [0.15, 0.2) is 5.78 Å². The molecule has 0 saturated carbocycles. The maximum Gasteiger partial charge on any atom is 0.223 e. The van der Waals surface area contributed by atoms with Gasteiger partial charge in [-0.25, -0.2) is 0 Å². The van der Waals surface area contributed by atoms with Gasteiger partial charge < -0.3 is 4.90 Å². The maximum atomic E-state index is 12.4. The molecule has 0 atom stereocenters. The Hall–Kier alpha value is -2.05. The van der Waals surface area contributed by atoms with Crippen LogP contribution in [0.4, 0.5) is 0 Å². The number of thiophene rings is 1. The van der Waals surface area contributed by atoms with Crippen molar-refractivity contribution in [1.29, 1.82) is 0 Å². The number of amides is 1. The van der Waals surface area contributed by atoms with Gasteiger partial charge in [-0.1, -0.05) is 0 Å². The number of ketones is 1. The van der Waals surface area contributed by atoms with E-state index >= 15 is 0 Å². The van der Waals surface area contributed by atoms with Gasteiger partial charge in [0.05, 0.1) is 0 Å². The molecule has 1 fully saturated rings. The zero-order valence-corrected chi connectivity index (χ0v) is 16.2. The molecule has 1 aliphatic heterocycles. The van der Waals surface area contributed by atoms with E-state index in [1.165, 1.54) is 5.56 Å². The number of hydrogen-bond donors (Lipinski definition) is 0. The third-order valence-corrected chi connectivity index (χ3v) is 5.75. The monoisotopic (exact) mass is 371 g/mol. The fourth-order valence-electron chi connectivity index (χ4n) is 3.32. The Balaban J connectivity index is 1.43. The van der Waals surface area contributed by atoms with Crippen LogP contribution in [0.5, 0.6) is 0 Å². The molecule has 5 nitrogen and oxygen atoms in total. The van der Waals surface area contributed by atoms with Crippen molar-refractivity contribution in [3.05, 3.63) is 51.5 Å². The minimum atomic E-state index is 0.0801. The summed E-state index contributed by atoms with van der Waals surface area (Å²) in [6.45, 7) is 8.05. The van der Waals surface area contributed by atoms with Crippen molar-refractivity contribution in [2.75, 3.05) is 26.2 Å². The lowest BCUT2D eigenvalue weighted by molar-refractivity contribution is -0.132. The van der Waals surface area contributed by atoms with Crippen LogP contribution in [-0.4, -0.2) is 52.7 Å². The van der Waals surface area contributed by atoms with Crippen molar-refractivity contribution >= 4 is 23.0 Å². The van der Waals surface area contributed by atoms with Crippen molar-refractivity contribution in [3.63, 3.8) is 0 Å². The van der Waals surface area contributed by atoms with Gasteiger partial charge in [-0.05, 0) is 37.6 Å². The zero-order valence-electron chi connectivity index (χ0n) is 15.4. The van der Waals surface area contributed by atoms with Crippen molar-refractivity contribution in [1.82, 2.24) is 14.8 Å². The van der Waals surface area contributed by atoms with Crippen LogP contribution < -0.4 is 0 Å². The van der Waals surface area contributed by atoms with Gasteiger partial charge in [0.2, 0.25) is 5.91 Å². The lowest BCUT2D eigenvalue weighted by atomic mass is 10.1. The summed E-state index contributed by atoms with van der Waals surface area (Å²) in [4.78, 5) is 35.2. The number of aryl methyl sites for hydroxylation is 2. The molecule has 26 heavy (non-hydrogen) atoms. The molecule has 138 valence electrons. The van der Waals surface area contributed by atoms with Crippen molar-refractivity contribution in [3.8, 4) is 0 Å². The van der Waals surface area contributed by atoms with Crippen molar-refractivity contribution < 1.29 is 9.59 Å². The van der Waals surface area contributed by atoms with E-state index in [0.29, 0.717) is 12.8 Å². The molecule has 0 radical (unpaired) electrons. The summed E-state index contributed by atoms with van der Waals surface area (Å²) in [6, 6.07) is 5.99. The summed E-state index contributed by atoms with van der Waals surface area (Å²) in [7, 11) is 0. The highest BCUT2D eigenvalue weighted by Gasteiger charge is 2.22. The number of Topliss-reactive ketones (excluding diaryl/α,β-unsaturated/α-hetero) is 1. The number of piperazine rings is 1. The summed E-state index contributed by atoms with van der Waals surface area (Å²) < 4.78 is 0. The van der Waals surface area contributed by atoms with E-state index in [4.69, 9.17) is 0 Å². The quantitative estimate of drug-likeness (QED) is 0.733. The first kappa shape index (κ1) is 18.7. The molecular weight excluding hydrogens is 346 g/mol. The number of carbonyl (C=O) groups is 2. The average Bonchev–Trinajstić information content (AvgIpc) is 2.99. The smallest absolute Gasteiger partial charge is 0.223 e. The molecule has 3 heterocycles. The molecule has 3 rings (SSSR count). The van der Waals surface area contributed by atoms with Gasteiger partial charge >= 0.3 is 0 Å². The fourth-order valence-corrected chi connectivity index (χ4v) is 4.27. The first-order valence-electron chi connectivity index (χ1n) is 9.02. The summed E-state index contributed by atoms with van der Waals surface area (Å²) in [5, 5.41) is 0. The highest BCUT2D eigenvalue weighted by Crippen LogP contribution is 2.22. The standard InChI is InChI=1S/C20H25N3O2S/c1-15-13-18(16(2)26-15)19(24)3-4-20(25)23-11-9-22(10-12-23)14-17-5-7-21-8-6-17/h5-8,13H,3-4,9-12,14H2,1-2H3. The van der Waals surface area contributed by atoms with Gasteiger partial charge in [-0.3, -0.25) is 19.5 Å². The van der Waals surface area contributed by atoms with Crippen LogP contribution in [0, 0.1) is 13.8 Å². The first-order chi connectivity index (χ1) is 12.5. The molecule has 2 aromatic rings. The van der Waals surface area contributed by atoms with Gasteiger partial charge in [0.1, 0.15) is 0 Å². The summed E-state index contributed by atoms with van der Waals surface area (Å²) in [6.07, 6.45) is 4.22. The Bertz CT molecular complexity index is 765. The highest BCUT2D eigenvalue weighted by atomic mass is 32.1. The van der Waals surface area contributed by atoms with Crippen molar-refractivity contribution in [2.24, 2.45) is 0 Å². The van der Waals surface area contributed by atoms with E-state index in [0.717, 1.165) is 48.0 Å². The summed E-state index contributed by atoms with van der Waals surface area (Å²) in [5.41, 5.74) is 2.02. The lowest BCUT2D eigenvalue weighted by Gasteiger charge is -2.34. The Morgan fingerprint density at radius 2 is 1.77 bits per heavy atom. The van der Waals surface area contributed by atoms with Crippen LogP contribution in [0.1, 0.15) is 38.5 Å². The third-order valence-electron chi connectivity index (χ3n) is 4.79. The van der Waals surface area contributed by atoms with E-state index in [-0.39, 0.29) is 11.7 Å². The second-order valence-electron chi connectivity index (χ2n) is 6.76. The molecule has 0 aromatic carbocycles. The van der Waals surface area contributed by atoms with E-state index in [9.17, 15) is 9.59 Å². The Morgan fingerprint density at radius 1 is 1.08 bits per heavy atom. The molecule has 0 unspecified atom stereocenters. The molecular formula is C20H25N3O2S. The van der Waals surface area contributed by atoms with Crippen LogP contribution in [0.25, 0.3) is 0 Å². The van der Waals surface area contributed by atoms with Gasteiger partial charge in [-0.2, -0.15) is 0 Å². The fraction of sp³-hybridized carbons (Fsp3) is 0.450. The molecule has 0 N–H and O–H groups in total. The third kappa shape index (κ3) is 4.77.